The van der Waals surface area contributed by atoms with E-state index in [2.05, 4.69) is 22.0 Å². The van der Waals surface area contributed by atoms with Gasteiger partial charge in [0.25, 0.3) is 0 Å². The first-order valence-electron chi connectivity index (χ1n) is 8.97. The average Bonchev–Trinajstić information content (AvgIpc) is 3.00. The summed E-state index contributed by atoms with van der Waals surface area (Å²) < 4.78 is 0. The van der Waals surface area contributed by atoms with Gasteiger partial charge in [0.15, 0.2) is 0 Å². The van der Waals surface area contributed by atoms with Crippen LogP contribution < -0.4 is 5.32 Å². The highest BCUT2D eigenvalue weighted by atomic mass is 16.2. The Morgan fingerprint density at radius 2 is 1.81 bits per heavy atom. The van der Waals surface area contributed by atoms with E-state index in [1.54, 1.807) is 0 Å². The van der Waals surface area contributed by atoms with Crippen molar-refractivity contribution in [3.63, 3.8) is 0 Å². The Kier molecular flexibility index (Phi) is 5.17. The van der Waals surface area contributed by atoms with Crippen LogP contribution in [0.5, 0.6) is 0 Å². The van der Waals surface area contributed by atoms with Crippen LogP contribution in [0, 0.1) is 11.8 Å². The molecule has 0 saturated carbocycles. The number of amides is 1. The lowest BCUT2D eigenvalue weighted by Gasteiger charge is -2.37. The predicted octanol–water partition coefficient (Wildman–Crippen LogP) is 1.71. The predicted molar refractivity (Wildman–Crippen MR) is 85.2 cm³/mol. The second-order valence-corrected chi connectivity index (χ2v) is 7.35. The topological polar surface area (TPSA) is 35.6 Å². The zero-order valence-electron chi connectivity index (χ0n) is 13.5. The van der Waals surface area contributed by atoms with Crippen molar-refractivity contribution in [3.05, 3.63) is 0 Å². The van der Waals surface area contributed by atoms with E-state index in [9.17, 15) is 4.79 Å². The van der Waals surface area contributed by atoms with Gasteiger partial charge in [-0.05, 0) is 71.0 Å². The number of likely N-dealkylation sites (tertiary alicyclic amines) is 2. The minimum Gasteiger partial charge on any atom is -0.342 e. The van der Waals surface area contributed by atoms with Crippen LogP contribution in [-0.4, -0.2) is 61.0 Å². The maximum atomic E-state index is 12.6. The first-order valence-corrected chi connectivity index (χ1v) is 8.97. The lowest BCUT2D eigenvalue weighted by atomic mass is 9.90. The monoisotopic (exact) mass is 293 g/mol. The number of nitrogens with zero attached hydrogens (tertiary/aromatic N) is 2. The molecule has 0 unspecified atom stereocenters. The summed E-state index contributed by atoms with van der Waals surface area (Å²) in [5, 5.41) is 3.44. The molecule has 0 radical (unpaired) electrons. The Morgan fingerprint density at radius 3 is 2.48 bits per heavy atom. The first kappa shape index (κ1) is 15.3. The molecule has 3 rings (SSSR count). The van der Waals surface area contributed by atoms with Gasteiger partial charge in [0.05, 0.1) is 0 Å². The van der Waals surface area contributed by atoms with Crippen LogP contribution in [-0.2, 0) is 4.79 Å². The van der Waals surface area contributed by atoms with Crippen LogP contribution in [0.1, 0.15) is 45.4 Å². The third-order valence-electron chi connectivity index (χ3n) is 5.61. The molecule has 1 N–H and O–H groups in total. The van der Waals surface area contributed by atoms with Crippen molar-refractivity contribution in [3.8, 4) is 0 Å². The molecule has 21 heavy (non-hydrogen) atoms. The standard InChI is InChI=1S/C17H31N3O/c1-14-12-16(4-7-18-14)17(21)20-10-5-15(6-11-20)13-19-8-2-3-9-19/h14-16,18H,2-13H2,1H3/t14-,16-/m0/s1. The summed E-state index contributed by atoms with van der Waals surface area (Å²) >= 11 is 0. The van der Waals surface area contributed by atoms with Crippen LogP contribution >= 0.6 is 0 Å². The Labute approximate surface area is 129 Å². The second-order valence-electron chi connectivity index (χ2n) is 7.35. The van der Waals surface area contributed by atoms with Gasteiger partial charge in [-0.3, -0.25) is 4.79 Å². The van der Waals surface area contributed by atoms with E-state index < -0.39 is 0 Å². The molecule has 0 aromatic rings. The number of nitrogens with one attached hydrogen (secondary N) is 1. The van der Waals surface area contributed by atoms with E-state index in [1.807, 2.05) is 0 Å². The number of piperidine rings is 2. The number of carbonyl (C=O) groups is 1. The molecule has 0 bridgehead atoms. The molecular formula is C17H31N3O. The summed E-state index contributed by atoms with van der Waals surface area (Å²) in [7, 11) is 0. The minimum atomic E-state index is 0.274. The van der Waals surface area contributed by atoms with Crippen molar-refractivity contribution in [2.45, 2.75) is 51.5 Å². The Hall–Kier alpha value is -0.610. The Balaban J connectivity index is 1.43. The van der Waals surface area contributed by atoms with Gasteiger partial charge >= 0.3 is 0 Å². The van der Waals surface area contributed by atoms with E-state index in [0.29, 0.717) is 11.9 Å². The maximum absolute atomic E-state index is 12.6. The number of hydrogen-bond donors (Lipinski definition) is 1. The third-order valence-corrected chi connectivity index (χ3v) is 5.61. The van der Waals surface area contributed by atoms with Gasteiger partial charge in [0.1, 0.15) is 0 Å². The van der Waals surface area contributed by atoms with E-state index in [0.717, 1.165) is 38.4 Å². The summed E-state index contributed by atoms with van der Waals surface area (Å²) in [6.45, 7) is 9.06. The van der Waals surface area contributed by atoms with Crippen molar-refractivity contribution in [2.24, 2.45) is 11.8 Å². The van der Waals surface area contributed by atoms with E-state index >= 15 is 0 Å². The zero-order chi connectivity index (χ0) is 14.7. The highest BCUT2D eigenvalue weighted by Crippen LogP contribution is 2.24. The lowest BCUT2D eigenvalue weighted by Crippen LogP contribution is -2.47. The number of hydrogen-bond acceptors (Lipinski definition) is 3. The lowest BCUT2D eigenvalue weighted by molar-refractivity contribution is -0.138. The minimum absolute atomic E-state index is 0.274. The normalized spacial score (nSPS) is 32.5. The SMILES string of the molecule is C[C@H]1C[C@@H](C(=O)N2CCC(CN3CCCC3)CC2)CCN1. The van der Waals surface area contributed by atoms with Gasteiger partial charge in [-0.25, -0.2) is 0 Å². The van der Waals surface area contributed by atoms with Crippen LogP contribution in [0.4, 0.5) is 0 Å². The largest absolute Gasteiger partial charge is 0.342 e. The van der Waals surface area contributed by atoms with Crippen LogP contribution in [0.2, 0.25) is 0 Å². The van der Waals surface area contributed by atoms with E-state index in [1.165, 1.54) is 45.3 Å². The van der Waals surface area contributed by atoms with Crippen LogP contribution in [0.25, 0.3) is 0 Å². The van der Waals surface area contributed by atoms with Crippen molar-refractivity contribution in [1.82, 2.24) is 15.1 Å². The van der Waals surface area contributed by atoms with Gasteiger partial charge < -0.3 is 15.1 Å². The molecule has 120 valence electrons. The van der Waals surface area contributed by atoms with Crippen molar-refractivity contribution >= 4 is 5.91 Å². The molecule has 3 heterocycles. The molecule has 0 aromatic heterocycles. The quantitative estimate of drug-likeness (QED) is 0.860. The van der Waals surface area contributed by atoms with Gasteiger partial charge in [0.2, 0.25) is 5.91 Å². The van der Waals surface area contributed by atoms with E-state index in [-0.39, 0.29) is 5.92 Å². The Morgan fingerprint density at radius 1 is 1.10 bits per heavy atom. The zero-order valence-corrected chi connectivity index (χ0v) is 13.5. The highest BCUT2D eigenvalue weighted by molar-refractivity contribution is 5.79. The summed E-state index contributed by atoms with van der Waals surface area (Å²) in [5.41, 5.74) is 0. The second kappa shape index (κ2) is 7.10. The molecule has 3 aliphatic heterocycles. The summed E-state index contributed by atoms with van der Waals surface area (Å²) in [4.78, 5) is 17.4. The fraction of sp³-hybridized carbons (Fsp3) is 0.941. The summed E-state index contributed by atoms with van der Waals surface area (Å²) in [5.74, 6) is 1.53. The maximum Gasteiger partial charge on any atom is 0.225 e. The summed E-state index contributed by atoms with van der Waals surface area (Å²) in [6.07, 6.45) is 7.23. The summed E-state index contributed by atoms with van der Waals surface area (Å²) in [6, 6.07) is 0.500. The Bertz CT molecular complexity index is 346. The molecule has 0 aliphatic carbocycles. The molecule has 2 atom stereocenters. The van der Waals surface area contributed by atoms with Crippen molar-refractivity contribution in [2.75, 3.05) is 39.3 Å². The molecule has 3 fully saturated rings. The van der Waals surface area contributed by atoms with Gasteiger partial charge in [-0.2, -0.15) is 0 Å². The number of carbonyl (C=O) groups excluding carboxylic acids is 1. The van der Waals surface area contributed by atoms with E-state index in [4.69, 9.17) is 0 Å². The fourth-order valence-corrected chi connectivity index (χ4v) is 4.28. The highest BCUT2D eigenvalue weighted by Gasteiger charge is 2.31. The molecule has 3 saturated heterocycles. The molecule has 0 spiro atoms. The van der Waals surface area contributed by atoms with Crippen molar-refractivity contribution < 1.29 is 4.79 Å². The fourth-order valence-electron chi connectivity index (χ4n) is 4.28. The molecule has 0 aromatic carbocycles. The molecule has 1 amide bonds. The number of rotatable bonds is 3. The molecule has 3 aliphatic rings. The van der Waals surface area contributed by atoms with Gasteiger partial charge in [-0.1, -0.05) is 0 Å². The van der Waals surface area contributed by atoms with Crippen LogP contribution in [0.15, 0.2) is 0 Å². The van der Waals surface area contributed by atoms with Gasteiger partial charge in [-0.15, -0.1) is 0 Å². The molecule has 4 nitrogen and oxygen atoms in total. The first-order chi connectivity index (χ1) is 10.2. The third kappa shape index (κ3) is 3.98. The van der Waals surface area contributed by atoms with Gasteiger partial charge in [0, 0.05) is 31.6 Å². The average molecular weight is 293 g/mol. The molecular weight excluding hydrogens is 262 g/mol. The van der Waals surface area contributed by atoms with Crippen molar-refractivity contribution in [1.29, 1.82) is 0 Å². The van der Waals surface area contributed by atoms with Crippen LogP contribution in [0.3, 0.4) is 0 Å². The smallest absolute Gasteiger partial charge is 0.225 e. The molecule has 4 heteroatoms.